The molecule has 0 amide bonds. The number of furan rings is 1. The molecule has 2 aromatic rings. The Morgan fingerprint density at radius 1 is 1.24 bits per heavy atom. The normalized spacial score (nSPS) is 21.3. The lowest BCUT2D eigenvalue weighted by Gasteiger charge is -2.29. The van der Waals surface area contributed by atoms with Crippen LogP contribution in [0.4, 0.5) is 0 Å². The summed E-state index contributed by atoms with van der Waals surface area (Å²) >= 11 is 0. The second-order valence-electron chi connectivity index (χ2n) is 6.99. The van der Waals surface area contributed by atoms with E-state index in [9.17, 15) is 0 Å². The molecule has 0 saturated carbocycles. The number of nitrogens with two attached hydrogens (primary N) is 1. The number of hydrogen-bond donors (Lipinski definition) is 1. The molecule has 3 nitrogen and oxygen atoms in total. The second-order valence-corrected chi connectivity index (χ2v) is 6.99. The highest BCUT2D eigenvalue weighted by molar-refractivity contribution is 5.77. The van der Waals surface area contributed by atoms with Crippen LogP contribution >= 0.6 is 0 Å². The van der Waals surface area contributed by atoms with Gasteiger partial charge < -0.3 is 10.2 Å². The SMILES string of the molecule is CC1(C)CCCN(C(CN)c2cc3ccccc3o2)CC1. The van der Waals surface area contributed by atoms with Crippen molar-refractivity contribution in [1.82, 2.24) is 4.90 Å². The number of para-hydroxylation sites is 1. The van der Waals surface area contributed by atoms with Crippen molar-refractivity contribution in [3.63, 3.8) is 0 Å². The highest BCUT2D eigenvalue weighted by Gasteiger charge is 2.28. The molecule has 1 aliphatic heterocycles. The highest BCUT2D eigenvalue weighted by Crippen LogP contribution is 2.34. The van der Waals surface area contributed by atoms with E-state index in [2.05, 4.69) is 30.9 Å². The van der Waals surface area contributed by atoms with Crippen molar-refractivity contribution in [3.8, 4) is 0 Å². The lowest BCUT2D eigenvalue weighted by molar-refractivity contribution is 0.180. The van der Waals surface area contributed by atoms with Gasteiger partial charge in [0.25, 0.3) is 0 Å². The Morgan fingerprint density at radius 3 is 2.81 bits per heavy atom. The molecule has 1 aromatic carbocycles. The first-order valence-corrected chi connectivity index (χ1v) is 8.02. The number of hydrogen-bond acceptors (Lipinski definition) is 3. The monoisotopic (exact) mass is 286 g/mol. The van der Waals surface area contributed by atoms with Crippen LogP contribution < -0.4 is 5.73 Å². The zero-order chi connectivity index (χ0) is 14.9. The Labute approximate surface area is 127 Å². The van der Waals surface area contributed by atoms with Crippen LogP contribution in [0.5, 0.6) is 0 Å². The van der Waals surface area contributed by atoms with Crippen LogP contribution in [0.2, 0.25) is 0 Å². The van der Waals surface area contributed by atoms with Gasteiger partial charge in [0.2, 0.25) is 0 Å². The predicted molar refractivity (Wildman–Crippen MR) is 87.2 cm³/mol. The van der Waals surface area contributed by atoms with Gasteiger partial charge in [-0.1, -0.05) is 32.0 Å². The first-order valence-electron chi connectivity index (χ1n) is 8.02. The first kappa shape index (κ1) is 14.6. The van der Waals surface area contributed by atoms with E-state index in [0.29, 0.717) is 12.0 Å². The van der Waals surface area contributed by atoms with Crippen LogP contribution in [0.1, 0.15) is 44.9 Å². The molecule has 0 bridgehead atoms. The van der Waals surface area contributed by atoms with Gasteiger partial charge in [0, 0.05) is 11.9 Å². The van der Waals surface area contributed by atoms with Crippen molar-refractivity contribution in [2.24, 2.45) is 11.1 Å². The highest BCUT2D eigenvalue weighted by atomic mass is 16.3. The lowest BCUT2D eigenvalue weighted by Crippen LogP contribution is -2.34. The quantitative estimate of drug-likeness (QED) is 0.929. The van der Waals surface area contributed by atoms with Gasteiger partial charge in [-0.3, -0.25) is 4.90 Å². The summed E-state index contributed by atoms with van der Waals surface area (Å²) in [7, 11) is 0. The van der Waals surface area contributed by atoms with Gasteiger partial charge in [0.15, 0.2) is 0 Å². The molecule has 0 radical (unpaired) electrons. The van der Waals surface area contributed by atoms with Gasteiger partial charge in [-0.15, -0.1) is 0 Å². The van der Waals surface area contributed by atoms with E-state index in [1.807, 2.05) is 18.2 Å². The summed E-state index contributed by atoms with van der Waals surface area (Å²) in [4.78, 5) is 2.51. The summed E-state index contributed by atoms with van der Waals surface area (Å²) < 4.78 is 6.05. The maximum atomic E-state index is 6.07. The third-order valence-corrected chi connectivity index (χ3v) is 4.81. The zero-order valence-electron chi connectivity index (χ0n) is 13.1. The fourth-order valence-corrected chi connectivity index (χ4v) is 3.37. The number of nitrogens with zero attached hydrogens (tertiary/aromatic N) is 1. The molecule has 2 N–H and O–H groups in total. The average Bonchev–Trinajstić information content (AvgIpc) is 2.79. The Balaban J connectivity index is 1.84. The van der Waals surface area contributed by atoms with Gasteiger partial charge in [-0.25, -0.2) is 0 Å². The molecule has 1 atom stereocenters. The van der Waals surface area contributed by atoms with Crippen molar-refractivity contribution >= 4 is 11.0 Å². The Hall–Kier alpha value is -1.32. The summed E-state index contributed by atoms with van der Waals surface area (Å²) in [6.45, 7) is 7.57. The van der Waals surface area contributed by atoms with Gasteiger partial charge in [-0.2, -0.15) is 0 Å². The summed E-state index contributed by atoms with van der Waals surface area (Å²) in [5.41, 5.74) is 7.48. The zero-order valence-corrected chi connectivity index (χ0v) is 13.1. The molecule has 1 saturated heterocycles. The van der Waals surface area contributed by atoms with E-state index < -0.39 is 0 Å². The third kappa shape index (κ3) is 3.14. The van der Waals surface area contributed by atoms with E-state index in [0.717, 1.165) is 24.4 Å². The molecule has 2 heterocycles. The molecular formula is C18H26N2O. The number of rotatable bonds is 3. The number of benzene rings is 1. The minimum absolute atomic E-state index is 0.200. The molecule has 0 aliphatic carbocycles. The minimum Gasteiger partial charge on any atom is -0.459 e. The van der Waals surface area contributed by atoms with Crippen LogP contribution in [0, 0.1) is 5.41 Å². The van der Waals surface area contributed by atoms with E-state index in [1.54, 1.807) is 0 Å². The van der Waals surface area contributed by atoms with E-state index in [1.165, 1.54) is 24.6 Å². The van der Waals surface area contributed by atoms with Crippen LogP contribution in [-0.2, 0) is 0 Å². The maximum Gasteiger partial charge on any atom is 0.134 e. The Bertz CT molecular complexity index is 569. The van der Waals surface area contributed by atoms with Crippen LogP contribution in [-0.4, -0.2) is 24.5 Å². The molecular weight excluding hydrogens is 260 g/mol. The largest absolute Gasteiger partial charge is 0.459 e. The number of likely N-dealkylation sites (tertiary alicyclic amines) is 1. The van der Waals surface area contributed by atoms with E-state index in [-0.39, 0.29) is 6.04 Å². The molecule has 114 valence electrons. The minimum atomic E-state index is 0.200. The molecule has 1 fully saturated rings. The van der Waals surface area contributed by atoms with E-state index in [4.69, 9.17) is 10.2 Å². The third-order valence-electron chi connectivity index (χ3n) is 4.81. The van der Waals surface area contributed by atoms with Crippen molar-refractivity contribution in [1.29, 1.82) is 0 Å². The van der Waals surface area contributed by atoms with Gasteiger partial charge >= 0.3 is 0 Å². The number of fused-ring (bicyclic) bond motifs is 1. The van der Waals surface area contributed by atoms with Gasteiger partial charge in [0.05, 0.1) is 6.04 Å². The fourth-order valence-electron chi connectivity index (χ4n) is 3.37. The molecule has 3 rings (SSSR count). The van der Waals surface area contributed by atoms with Crippen LogP contribution in [0.15, 0.2) is 34.7 Å². The van der Waals surface area contributed by atoms with Crippen molar-refractivity contribution in [2.45, 2.75) is 39.2 Å². The lowest BCUT2D eigenvalue weighted by atomic mass is 9.85. The summed E-state index contributed by atoms with van der Waals surface area (Å²) in [5.74, 6) is 1.01. The van der Waals surface area contributed by atoms with Crippen LogP contribution in [0.3, 0.4) is 0 Å². The van der Waals surface area contributed by atoms with Gasteiger partial charge in [-0.05, 0) is 49.9 Å². The fraction of sp³-hybridized carbons (Fsp3) is 0.556. The summed E-state index contributed by atoms with van der Waals surface area (Å²) in [6.07, 6.45) is 3.76. The summed E-state index contributed by atoms with van der Waals surface area (Å²) in [5, 5.41) is 1.17. The van der Waals surface area contributed by atoms with Crippen molar-refractivity contribution < 1.29 is 4.42 Å². The molecule has 1 aliphatic rings. The smallest absolute Gasteiger partial charge is 0.134 e. The van der Waals surface area contributed by atoms with Gasteiger partial charge in [0.1, 0.15) is 11.3 Å². The topological polar surface area (TPSA) is 42.4 Å². The molecule has 21 heavy (non-hydrogen) atoms. The second kappa shape index (κ2) is 5.82. The molecule has 1 unspecified atom stereocenters. The Morgan fingerprint density at radius 2 is 2.05 bits per heavy atom. The summed E-state index contributed by atoms with van der Waals surface area (Å²) in [6, 6.07) is 10.5. The maximum absolute atomic E-state index is 6.07. The van der Waals surface area contributed by atoms with Crippen molar-refractivity contribution in [2.75, 3.05) is 19.6 Å². The first-order chi connectivity index (χ1) is 10.1. The van der Waals surface area contributed by atoms with Crippen molar-refractivity contribution in [3.05, 3.63) is 36.1 Å². The Kier molecular flexibility index (Phi) is 4.05. The molecule has 3 heteroatoms. The predicted octanol–water partition coefficient (Wildman–Crippen LogP) is 3.94. The standard InChI is InChI=1S/C18H26N2O/c1-18(2)8-5-10-20(11-9-18)15(13-19)17-12-14-6-3-4-7-16(14)21-17/h3-4,6-7,12,15H,5,8-11,13,19H2,1-2H3. The van der Waals surface area contributed by atoms with Crippen LogP contribution in [0.25, 0.3) is 11.0 Å². The average molecular weight is 286 g/mol. The molecule has 1 aromatic heterocycles. The molecule has 0 spiro atoms. The van der Waals surface area contributed by atoms with E-state index >= 15 is 0 Å².